The van der Waals surface area contributed by atoms with Crippen LogP contribution in [0.25, 0.3) is 0 Å². The molecule has 0 aromatic carbocycles. The van der Waals surface area contributed by atoms with Crippen LogP contribution in [0.1, 0.15) is 6.92 Å². The van der Waals surface area contributed by atoms with Gasteiger partial charge in [0.25, 0.3) is 0 Å². The molecule has 1 heteroatoms. The summed E-state index contributed by atoms with van der Waals surface area (Å²) in [6.45, 7) is 13.3. The van der Waals surface area contributed by atoms with E-state index in [2.05, 4.69) is 25.4 Å². The molecule has 10 heavy (non-hydrogen) atoms. The van der Waals surface area contributed by atoms with Crippen molar-refractivity contribution in [3.05, 3.63) is 48.6 Å². The molecule has 0 spiro atoms. The van der Waals surface area contributed by atoms with Gasteiger partial charge in [0.05, 0.1) is 0 Å². The van der Waals surface area contributed by atoms with Crippen molar-refractivity contribution in [2.45, 2.75) is 6.92 Å². The summed E-state index contributed by atoms with van der Waals surface area (Å²) in [7, 11) is -1.61. The molecule has 0 rings (SSSR count). The van der Waals surface area contributed by atoms with Gasteiger partial charge in [-0.3, -0.25) is 0 Å². The lowest BCUT2D eigenvalue weighted by Gasteiger charge is -2.12. The standard InChI is InChI=1S/C9H14Si/c1-5-9-10(6-2,7-3)8-4/h5-9H,2-4H2,1H3. The Labute approximate surface area is 64.3 Å². The molecule has 0 aliphatic rings. The van der Waals surface area contributed by atoms with Crippen molar-refractivity contribution in [1.82, 2.24) is 0 Å². The Bertz CT molecular complexity index is 144. The fraction of sp³-hybridized carbons (Fsp3) is 0.111. The molecule has 54 valence electrons. The Kier molecular flexibility index (Phi) is 3.73. The van der Waals surface area contributed by atoms with Gasteiger partial charge in [-0.1, -0.05) is 28.9 Å². The first-order valence-corrected chi connectivity index (χ1v) is 5.60. The molecule has 0 heterocycles. The van der Waals surface area contributed by atoms with Crippen LogP contribution < -0.4 is 0 Å². The molecule has 0 fully saturated rings. The molecule has 0 aliphatic heterocycles. The maximum absolute atomic E-state index is 3.76. The fourth-order valence-electron chi connectivity index (χ4n) is 0.743. The van der Waals surface area contributed by atoms with E-state index >= 15 is 0 Å². The third kappa shape index (κ3) is 1.85. The van der Waals surface area contributed by atoms with Gasteiger partial charge in [0.2, 0.25) is 0 Å². The first-order chi connectivity index (χ1) is 4.74. The third-order valence-corrected chi connectivity index (χ3v) is 4.55. The fourth-order valence-corrected chi connectivity index (χ4v) is 2.23. The second kappa shape index (κ2) is 4.07. The van der Waals surface area contributed by atoms with Gasteiger partial charge in [0.15, 0.2) is 0 Å². The Balaban J connectivity index is 4.62. The van der Waals surface area contributed by atoms with Crippen molar-refractivity contribution in [3.8, 4) is 0 Å². The topological polar surface area (TPSA) is 0 Å². The summed E-state index contributed by atoms with van der Waals surface area (Å²) in [4.78, 5) is 0. The highest BCUT2D eigenvalue weighted by Crippen LogP contribution is 2.08. The van der Waals surface area contributed by atoms with Crippen molar-refractivity contribution >= 4 is 8.07 Å². The Morgan fingerprint density at radius 3 is 1.50 bits per heavy atom. The van der Waals surface area contributed by atoms with Gasteiger partial charge in [-0.05, 0) is 6.92 Å². The predicted molar refractivity (Wildman–Crippen MR) is 51.2 cm³/mol. The van der Waals surface area contributed by atoms with Gasteiger partial charge in [-0.15, -0.1) is 19.7 Å². The normalized spacial score (nSPS) is 11.3. The van der Waals surface area contributed by atoms with Crippen LogP contribution in [0.2, 0.25) is 0 Å². The molecule has 0 radical (unpaired) electrons. The van der Waals surface area contributed by atoms with E-state index in [1.165, 1.54) is 0 Å². The number of hydrogen-bond donors (Lipinski definition) is 0. The average Bonchev–Trinajstić information content (AvgIpc) is 2.01. The summed E-state index contributed by atoms with van der Waals surface area (Å²) in [5.41, 5.74) is 7.99. The van der Waals surface area contributed by atoms with Gasteiger partial charge in [0, 0.05) is 0 Å². The van der Waals surface area contributed by atoms with E-state index < -0.39 is 8.07 Å². The van der Waals surface area contributed by atoms with E-state index in [1.807, 2.05) is 30.1 Å². The van der Waals surface area contributed by atoms with E-state index in [9.17, 15) is 0 Å². The lowest BCUT2D eigenvalue weighted by molar-refractivity contribution is 1.76. The van der Waals surface area contributed by atoms with E-state index in [4.69, 9.17) is 0 Å². The van der Waals surface area contributed by atoms with E-state index in [0.717, 1.165) is 0 Å². The molecule has 0 bridgehead atoms. The van der Waals surface area contributed by atoms with Crippen molar-refractivity contribution in [2.75, 3.05) is 0 Å². The molecule has 0 aliphatic carbocycles. The van der Waals surface area contributed by atoms with Gasteiger partial charge in [-0.25, -0.2) is 0 Å². The van der Waals surface area contributed by atoms with E-state index in [0.29, 0.717) is 0 Å². The van der Waals surface area contributed by atoms with Gasteiger partial charge >= 0.3 is 0 Å². The summed E-state index contributed by atoms with van der Waals surface area (Å²) in [5, 5.41) is 0. The highest BCUT2D eigenvalue weighted by atomic mass is 28.3. The van der Waals surface area contributed by atoms with E-state index in [-0.39, 0.29) is 0 Å². The van der Waals surface area contributed by atoms with Crippen molar-refractivity contribution in [1.29, 1.82) is 0 Å². The van der Waals surface area contributed by atoms with Gasteiger partial charge in [0.1, 0.15) is 8.07 Å². The SMILES string of the molecule is C=C[Si](C=C)(C=C)C=CC. The largest absolute Gasteiger partial charge is 0.148 e. The number of hydrogen-bond acceptors (Lipinski definition) is 0. The minimum absolute atomic E-state index is 1.61. The van der Waals surface area contributed by atoms with Crippen molar-refractivity contribution < 1.29 is 0 Å². The molecule has 0 nitrogen and oxygen atoms in total. The molecule has 0 unspecified atom stereocenters. The first-order valence-electron chi connectivity index (χ1n) is 3.29. The smallest absolute Gasteiger partial charge is 0.106 e. The van der Waals surface area contributed by atoms with Crippen LogP contribution in [-0.4, -0.2) is 8.07 Å². The quantitative estimate of drug-likeness (QED) is 0.541. The second-order valence-electron chi connectivity index (χ2n) is 2.11. The van der Waals surface area contributed by atoms with Crippen LogP contribution in [0.3, 0.4) is 0 Å². The van der Waals surface area contributed by atoms with Crippen LogP contribution in [-0.2, 0) is 0 Å². The highest BCUT2D eigenvalue weighted by Gasteiger charge is 2.15. The molecular formula is C9H14Si. The number of rotatable bonds is 4. The van der Waals surface area contributed by atoms with Crippen LogP contribution in [0, 0.1) is 0 Å². The van der Waals surface area contributed by atoms with Crippen LogP contribution in [0.5, 0.6) is 0 Å². The Hall–Kier alpha value is -0.823. The lowest BCUT2D eigenvalue weighted by Crippen LogP contribution is -2.23. The zero-order valence-corrected chi connectivity index (χ0v) is 7.51. The zero-order valence-electron chi connectivity index (χ0n) is 6.51. The zero-order chi connectivity index (χ0) is 8.04. The number of allylic oxidation sites excluding steroid dienone is 1. The molecule has 0 amide bonds. The summed E-state index contributed by atoms with van der Waals surface area (Å²) >= 11 is 0. The average molecular weight is 150 g/mol. The van der Waals surface area contributed by atoms with Crippen LogP contribution in [0.4, 0.5) is 0 Å². The van der Waals surface area contributed by atoms with Gasteiger partial charge in [-0.2, -0.15) is 0 Å². The molecule has 0 N–H and O–H groups in total. The van der Waals surface area contributed by atoms with Crippen molar-refractivity contribution in [3.63, 3.8) is 0 Å². The predicted octanol–water partition coefficient (Wildman–Crippen LogP) is 2.73. The Morgan fingerprint density at radius 2 is 1.40 bits per heavy atom. The highest BCUT2D eigenvalue weighted by molar-refractivity contribution is 6.97. The molecule has 0 atom stereocenters. The van der Waals surface area contributed by atoms with Gasteiger partial charge < -0.3 is 0 Å². The summed E-state index contributed by atoms with van der Waals surface area (Å²) in [6.07, 6.45) is 2.03. The Morgan fingerprint density at radius 1 is 1.00 bits per heavy atom. The van der Waals surface area contributed by atoms with Crippen LogP contribution in [0.15, 0.2) is 48.6 Å². The maximum atomic E-state index is 3.76. The van der Waals surface area contributed by atoms with Crippen molar-refractivity contribution in [2.24, 2.45) is 0 Å². The maximum Gasteiger partial charge on any atom is 0.148 e. The minimum atomic E-state index is -1.61. The molecule has 0 aromatic heterocycles. The first kappa shape index (κ1) is 9.18. The lowest BCUT2D eigenvalue weighted by atomic mass is 10.8. The molecule has 0 saturated carbocycles. The third-order valence-electron chi connectivity index (χ3n) is 1.52. The molecular weight excluding hydrogens is 136 g/mol. The summed E-state index contributed by atoms with van der Waals surface area (Å²) < 4.78 is 0. The monoisotopic (exact) mass is 150 g/mol. The molecule has 0 saturated heterocycles. The molecule has 0 aromatic rings. The minimum Gasteiger partial charge on any atom is -0.106 e. The van der Waals surface area contributed by atoms with E-state index in [1.54, 1.807) is 0 Å². The summed E-state index contributed by atoms with van der Waals surface area (Å²) in [6, 6.07) is 0. The van der Waals surface area contributed by atoms with Crippen LogP contribution >= 0.6 is 0 Å². The second-order valence-corrected chi connectivity index (χ2v) is 5.67. The summed E-state index contributed by atoms with van der Waals surface area (Å²) in [5.74, 6) is 0.